The van der Waals surface area contributed by atoms with Gasteiger partial charge in [-0.25, -0.2) is 0 Å². The molecule has 0 aliphatic heterocycles. The molecule has 0 aromatic carbocycles. The van der Waals surface area contributed by atoms with Crippen LogP contribution < -0.4 is 5.32 Å². The average Bonchev–Trinajstić information content (AvgIpc) is 1.61. The Morgan fingerprint density at radius 1 is 2.00 bits per heavy atom. The highest BCUT2D eigenvalue weighted by molar-refractivity contribution is 5.46. The monoisotopic (exact) mass is 84.0 g/mol. The van der Waals surface area contributed by atoms with Crippen molar-refractivity contribution < 1.29 is 4.79 Å². The molecule has 0 aliphatic carbocycles. The Balaban J connectivity index is 2.72. The van der Waals surface area contributed by atoms with Gasteiger partial charge in [0.25, 0.3) is 0 Å². The summed E-state index contributed by atoms with van der Waals surface area (Å²) in [6.45, 7) is 0.101. The van der Waals surface area contributed by atoms with E-state index in [0.717, 1.165) is 0 Å². The summed E-state index contributed by atoms with van der Waals surface area (Å²) >= 11 is 0. The van der Waals surface area contributed by atoms with Crippen LogP contribution >= 0.6 is 0 Å². The van der Waals surface area contributed by atoms with Crippen molar-refractivity contribution in [3.63, 3.8) is 0 Å². The van der Waals surface area contributed by atoms with Crippen molar-refractivity contribution in [2.45, 2.75) is 0 Å². The number of hydrogen-bond acceptors (Lipinski definition) is 2. The van der Waals surface area contributed by atoms with Gasteiger partial charge in [0.2, 0.25) is 6.41 Å². The molecule has 0 bridgehead atoms. The van der Waals surface area contributed by atoms with Gasteiger partial charge in [-0.2, -0.15) is 5.26 Å². The zero-order valence-corrected chi connectivity index (χ0v) is 3.14. The first kappa shape index (κ1) is 4.96. The summed E-state index contributed by atoms with van der Waals surface area (Å²) in [5.74, 6) is 0. The topological polar surface area (TPSA) is 52.9 Å². The Bertz CT molecular complexity index is 73.4. The van der Waals surface area contributed by atoms with E-state index in [1.807, 2.05) is 0 Å². The first-order chi connectivity index (χ1) is 2.91. The summed E-state index contributed by atoms with van der Waals surface area (Å²) in [6.07, 6.45) is 0.489. The van der Waals surface area contributed by atoms with Gasteiger partial charge >= 0.3 is 0 Å². The highest BCUT2D eigenvalue weighted by Crippen LogP contribution is 1.40. The zero-order valence-electron chi connectivity index (χ0n) is 3.14. The zero-order chi connectivity index (χ0) is 4.83. The molecule has 0 radical (unpaired) electrons. The van der Waals surface area contributed by atoms with E-state index in [1.165, 1.54) is 0 Å². The maximum atomic E-state index is 9.30. The first-order valence-electron chi connectivity index (χ1n) is 1.46. The average molecular weight is 84.1 g/mol. The van der Waals surface area contributed by atoms with E-state index in [9.17, 15) is 4.79 Å². The van der Waals surface area contributed by atoms with Crippen molar-refractivity contribution in [2.24, 2.45) is 0 Å². The minimum absolute atomic E-state index is 0.101. The number of hydrogen-bond donors (Lipinski definition) is 1. The Kier molecular flexibility index (Phi) is 3.27. The molecule has 0 fully saturated rings. The van der Waals surface area contributed by atoms with E-state index in [1.54, 1.807) is 6.07 Å². The number of nitrogens with one attached hydrogen (secondary N) is 1. The molecule has 0 aromatic heterocycles. The molecule has 0 saturated carbocycles. The van der Waals surface area contributed by atoms with Crippen molar-refractivity contribution in [2.75, 3.05) is 6.54 Å². The summed E-state index contributed by atoms with van der Waals surface area (Å²) < 4.78 is 0. The van der Waals surface area contributed by atoms with E-state index in [4.69, 9.17) is 5.26 Å². The third-order valence-corrected chi connectivity index (χ3v) is 0.264. The standard InChI is InChI=1S/C3H4N2O/c4-1-2-5-3-6/h3H,2H2,(H,5,6). The molecular formula is C3H4N2O. The molecule has 3 heteroatoms. The van der Waals surface area contributed by atoms with Crippen LogP contribution in [-0.4, -0.2) is 13.0 Å². The fraction of sp³-hybridized carbons (Fsp3) is 0.333. The van der Waals surface area contributed by atoms with Crippen LogP contribution in [0.4, 0.5) is 0 Å². The van der Waals surface area contributed by atoms with Crippen LogP contribution in [0.3, 0.4) is 0 Å². The third-order valence-electron chi connectivity index (χ3n) is 0.264. The predicted molar refractivity (Wildman–Crippen MR) is 19.7 cm³/mol. The molecular weight excluding hydrogens is 80.0 g/mol. The van der Waals surface area contributed by atoms with Gasteiger partial charge in [0, 0.05) is 0 Å². The van der Waals surface area contributed by atoms with E-state index < -0.39 is 0 Å². The number of amides is 1. The summed E-state index contributed by atoms with van der Waals surface area (Å²) in [6, 6.07) is 1.73. The van der Waals surface area contributed by atoms with Crippen LogP contribution in [0.1, 0.15) is 0 Å². The number of nitrogens with zero attached hydrogens (tertiary/aromatic N) is 1. The minimum atomic E-state index is 0.101. The van der Waals surface area contributed by atoms with Gasteiger partial charge in [-0.3, -0.25) is 4.79 Å². The van der Waals surface area contributed by atoms with E-state index in [2.05, 4.69) is 5.32 Å². The first-order valence-corrected chi connectivity index (χ1v) is 1.46. The largest absolute Gasteiger partial charge is 0.346 e. The molecule has 32 valence electrons. The Morgan fingerprint density at radius 3 is 2.83 bits per heavy atom. The molecule has 0 unspecified atom stereocenters. The predicted octanol–water partition coefficient (Wildman–Crippen LogP) is -0.744. The van der Waals surface area contributed by atoms with Crippen LogP contribution in [-0.2, 0) is 4.79 Å². The van der Waals surface area contributed by atoms with Crippen LogP contribution in [0.25, 0.3) is 0 Å². The molecule has 0 aromatic rings. The normalized spacial score (nSPS) is 5.83. The lowest BCUT2D eigenvalue weighted by molar-refractivity contribution is -0.109. The van der Waals surface area contributed by atoms with Gasteiger partial charge in [-0.15, -0.1) is 0 Å². The highest BCUT2D eigenvalue weighted by atomic mass is 16.1. The highest BCUT2D eigenvalue weighted by Gasteiger charge is 1.67. The molecule has 0 rings (SSSR count). The van der Waals surface area contributed by atoms with Gasteiger partial charge in [0.05, 0.1) is 6.07 Å². The lowest BCUT2D eigenvalue weighted by atomic mass is 10.7. The van der Waals surface area contributed by atoms with Crippen molar-refractivity contribution in [1.82, 2.24) is 5.32 Å². The second-order valence-corrected chi connectivity index (χ2v) is 0.657. The molecule has 0 heterocycles. The quantitative estimate of drug-likeness (QED) is 0.272. The molecule has 0 aliphatic rings. The number of carbonyl (C=O) groups excluding carboxylic acids is 1. The van der Waals surface area contributed by atoms with Crippen molar-refractivity contribution in [3.05, 3.63) is 0 Å². The second-order valence-electron chi connectivity index (χ2n) is 0.657. The van der Waals surface area contributed by atoms with Crippen LogP contribution in [0.15, 0.2) is 0 Å². The van der Waals surface area contributed by atoms with Gasteiger partial charge in [0.1, 0.15) is 6.54 Å². The molecule has 1 N–H and O–H groups in total. The summed E-state index contributed by atoms with van der Waals surface area (Å²) in [5, 5.41) is 9.88. The molecule has 0 atom stereocenters. The van der Waals surface area contributed by atoms with E-state index in [-0.39, 0.29) is 6.54 Å². The van der Waals surface area contributed by atoms with E-state index in [0.29, 0.717) is 6.41 Å². The van der Waals surface area contributed by atoms with Crippen molar-refractivity contribution in [1.29, 1.82) is 5.26 Å². The van der Waals surface area contributed by atoms with Crippen LogP contribution in [0.2, 0.25) is 0 Å². The summed E-state index contributed by atoms with van der Waals surface area (Å²) in [4.78, 5) is 9.30. The summed E-state index contributed by atoms with van der Waals surface area (Å²) in [7, 11) is 0. The fourth-order valence-corrected chi connectivity index (χ4v) is 0.0873. The minimum Gasteiger partial charge on any atom is -0.346 e. The molecule has 0 spiro atoms. The Hall–Kier alpha value is -1.04. The smallest absolute Gasteiger partial charge is 0.207 e. The number of nitriles is 1. The molecule has 3 nitrogen and oxygen atoms in total. The Morgan fingerprint density at radius 2 is 2.67 bits per heavy atom. The fourth-order valence-electron chi connectivity index (χ4n) is 0.0873. The SMILES string of the molecule is N#CCNC=O. The van der Waals surface area contributed by atoms with E-state index >= 15 is 0 Å². The molecule has 6 heavy (non-hydrogen) atoms. The van der Waals surface area contributed by atoms with Crippen LogP contribution in [0.5, 0.6) is 0 Å². The van der Waals surface area contributed by atoms with Crippen LogP contribution in [0, 0.1) is 11.3 Å². The maximum Gasteiger partial charge on any atom is 0.207 e. The lowest BCUT2D eigenvalue weighted by Gasteiger charge is -1.76. The van der Waals surface area contributed by atoms with Crippen molar-refractivity contribution in [3.8, 4) is 6.07 Å². The van der Waals surface area contributed by atoms with Gasteiger partial charge in [-0.1, -0.05) is 0 Å². The third kappa shape index (κ3) is 2.96. The molecule has 0 saturated heterocycles. The number of rotatable bonds is 2. The second kappa shape index (κ2) is 3.96. The van der Waals surface area contributed by atoms with Gasteiger partial charge in [-0.05, 0) is 0 Å². The summed E-state index contributed by atoms with van der Waals surface area (Å²) in [5.41, 5.74) is 0. The lowest BCUT2D eigenvalue weighted by Crippen LogP contribution is -2.09. The number of carbonyl (C=O) groups is 1. The van der Waals surface area contributed by atoms with Crippen molar-refractivity contribution >= 4 is 6.41 Å². The Labute approximate surface area is 35.6 Å². The van der Waals surface area contributed by atoms with Gasteiger partial charge in [0.15, 0.2) is 0 Å². The van der Waals surface area contributed by atoms with Gasteiger partial charge < -0.3 is 5.32 Å². The molecule has 1 amide bonds. The maximum absolute atomic E-state index is 9.30.